The lowest BCUT2D eigenvalue weighted by molar-refractivity contribution is 0.495. The first-order valence-electron chi connectivity index (χ1n) is 15.3. The number of para-hydroxylation sites is 1. The van der Waals surface area contributed by atoms with Crippen molar-refractivity contribution in [3.05, 3.63) is 159 Å². The fraction of sp³-hybridized carbons (Fsp3) is 0.122. The molecule has 0 amide bonds. The van der Waals surface area contributed by atoms with Crippen LogP contribution < -0.4 is 26.2 Å². The molecule has 0 aliphatic heterocycles. The summed E-state index contributed by atoms with van der Waals surface area (Å²) in [6, 6.07) is 34.4. The molecule has 0 saturated carbocycles. The predicted molar refractivity (Wildman–Crippen MR) is 190 cm³/mol. The lowest BCUT2D eigenvalue weighted by atomic mass is 10.1. The summed E-state index contributed by atoms with van der Waals surface area (Å²) in [6.07, 6.45) is 16.2. The Morgan fingerprint density at radius 2 is 1.57 bits per heavy atom. The van der Waals surface area contributed by atoms with Gasteiger partial charge in [0.05, 0.1) is 5.52 Å². The molecule has 3 heteroatoms. The summed E-state index contributed by atoms with van der Waals surface area (Å²) in [4.78, 5) is 2.25. The van der Waals surface area contributed by atoms with Crippen molar-refractivity contribution in [3.8, 4) is 5.69 Å². The minimum atomic E-state index is 0.785. The van der Waals surface area contributed by atoms with Crippen molar-refractivity contribution in [2.75, 3.05) is 18.9 Å². The van der Waals surface area contributed by atoms with Crippen LogP contribution in [0, 0.1) is 6.92 Å². The standard InChI is InChI=1S/C41H39N3/c1-5-31-13-7-8-16-34(31)27-28-43(4)37(6-2)29-40-30(3)44(41-18-12-11-17-39(40)41)38-25-23-36(24-26-38)42-35-21-19-32-14-9-10-15-33(32)20-22-35/h5-21,23-27,29,42H,2,22,28H2,1,3-4H3/b31-5-,34-27-,37-29+. The van der Waals surface area contributed by atoms with Gasteiger partial charge in [0.2, 0.25) is 0 Å². The van der Waals surface area contributed by atoms with E-state index in [2.05, 4.69) is 176 Å². The number of nitrogens with zero attached hydrogens (tertiary/aromatic N) is 2. The van der Waals surface area contributed by atoms with Crippen LogP contribution >= 0.6 is 0 Å². The molecule has 0 bridgehead atoms. The Hall–Kier alpha value is -5.28. The average molecular weight is 574 g/mol. The van der Waals surface area contributed by atoms with Crippen LogP contribution in [0.3, 0.4) is 0 Å². The first-order chi connectivity index (χ1) is 21.6. The van der Waals surface area contributed by atoms with Crippen molar-refractivity contribution in [1.82, 2.24) is 9.47 Å². The van der Waals surface area contributed by atoms with Crippen molar-refractivity contribution in [3.63, 3.8) is 0 Å². The van der Waals surface area contributed by atoms with Gasteiger partial charge in [-0.2, -0.15) is 0 Å². The molecule has 0 radical (unpaired) electrons. The number of hydrogen-bond acceptors (Lipinski definition) is 2. The van der Waals surface area contributed by atoms with E-state index in [9.17, 15) is 0 Å². The monoisotopic (exact) mass is 573 g/mol. The van der Waals surface area contributed by atoms with Gasteiger partial charge in [0.15, 0.2) is 0 Å². The molecule has 3 nitrogen and oxygen atoms in total. The third-order valence-corrected chi connectivity index (χ3v) is 8.43. The van der Waals surface area contributed by atoms with Crippen molar-refractivity contribution >= 4 is 47.0 Å². The lowest BCUT2D eigenvalue weighted by Gasteiger charge is -2.18. The third kappa shape index (κ3) is 5.95. The molecular formula is C41H39N3. The van der Waals surface area contributed by atoms with E-state index >= 15 is 0 Å². The summed E-state index contributed by atoms with van der Waals surface area (Å²) in [6.45, 7) is 9.24. The Morgan fingerprint density at radius 1 is 0.864 bits per heavy atom. The second kappa shape index (κ2) is 12.9. The fourth-order valence-electron chi connectivity index (χ4n) is 5.98. The molecule has 1 N–H and O–H groups in total. The molecule has 1 heterocycles. The number of fused-ring (bicyclic) bond motifs is 2. The zero-order valence-electron chi connectivity index (χ0n) is 25.8. The molecule has 5 aromatic rings. The molecule has 6 rings (SSSR count). The minimum absolute atomic E-state index is 0.785. The highest BCUT2D eigenvalue weighted by Gasteiger charge is 2.15. The van der Waals surface area contributed by atoms with Crippen LogP contribution in [0.5, 0.6) is 0 Å². The highest BCUT2D eigenvalue weighted by atomic mass is 15.1. The number of hydrogen-bond donors (Lipinski definition) is 1. The third-order valence-electron chi connectivity index (χ3n) is 8.43. The number of nitrogens with one attached hydrogen (secondary N) is 1. The van der Waals surface area contributed by atoms with Gasteiger partial charge >= 0.3 is 0 Å². The maximum Gasteiger partial charge on any atom is 0.0537 e. The topological polar surface area (TPSA) is 20.2 Å². The number of aromatic nitrogens is 1. The first kappa shape index (κ1) is 28.8. The van der Waals surface area contributed by atoms with Gasteiger partial charge in [-0.05, 0) is 83.3 Å². The summed E-state index contributed by atoms with van der Waals surface area (Å²) in [5.41, 5.74) is 8.07. The molecule has 0 unspecified atom stereocenters. The molecule has 0 atom stereocenters. The Labute approximate surface area is 260 Å². The van der Waals surface area contributed by atoms with Gasteiger partial charge in [0, 0.05) is 59.4 Å². The summed E-state index contributed by atoms with van der Waals surface area (Å²) in [5, 5.41) is 9.88. The molecule has 0 spiro atoms. The van der Waals surface area contributed by atoms with Gasteiger partial charge in [-0.15, -0.1) is 0 Å². The van der Waals surface area contributed by atoms with E-state index in [1.807, 2.05) is 6.08 Å². The fourth-order valence-corrected chi connectivity index (χ4v) is 5.98. The second-order valence-electron chi connectivity index (χ2n) is 11.2. The Morgan fingerprint density at radius 3 is 2.34 bits per heavy atom. The minimum Gasteiger partial charge on any atom is -0.371 e. The second-order valence-corrected chi connectivity index (χ2v) is 11.2. The summed E-state index contributed by atoms with van der Waals surface area (Å²) >= 11 is 0. The largest absolute Gasteiger partial charge is 0.371 e. The van der Waals surface area contributed by atoms with E-state index in [1.54, 1.807) is 0 Å². The molecular weight excluding hydrogens is 534 g/mol. The van der Waals surface area contributed by atoms with E-state index < -0.39 is 0 Å². The quantitative estimate of drug-likeness (QED) is 0.210. The number of rotatable bonds is 8. The smallest absolute Gasteiger partial charge is 0.0537 e. The summed E-state index contributed by atoms with van der Waals surface area (Å²) in [5.74, 6) is 0. The molecule has 4 aromatic carbocycles. The molecule has 218 valence electrons. The van der Waals surface area contributed by atoms with Crippen LogP contribution in [0.2, 0.25) is 0 Å². The maximum atomic E-state index is 4.16. The zero-order chi connectivity index (χ0) is 30.5. The van der Waals surface area contributed by atoms with Crippen molar-refractivity contribution in [2.24, 2.45) is 0 Å². The Kier molecular flexibility index (Phi) is 8.47. The molecule has 0 saturated heterocycles. The summed E-state index contributed by atoms with van der Waals surface area (Å²) < 4.78 is 2.36. The Balaban J connectivity index is 1.29. The number of allylic oxidation sites excluding steroid dienone is 3. The molecule has 1 aliphatic carbocycles. The SMILES string of the molecule is C=C/C(=C\c1c(C)n(-c2ccc(NC3=CC=c4ccccc4=CC3)cc2)c2ccccc12)N(C)C/C=c1/cccc/c1=C/C. The molecule has 0 fully saturated rings. The van der Waals surface area contributed by atoms with Gasteiger partial charge < -0.3 is 14.8 Å². The van der Waals surface area contributed by atoms with E-state index in [0.29, 0.717) is 0 Å². The van der Waals surface area contributed by atoms with Gasteiger partial charge in [-0.3, -0.25) is 0 Å². The van der Waals surface area contributed by atoms with Crippen LogP contribution in [-0.4, -0.2) is 23.1 Å². The van der Waals surface area contributed by atoms with E-state index in [4.69, 9.17) is 0 Å². The van der Waals surface area contributed by atoms with Gasteiger partial charge in [0.25, 0.3) is 0 Å². The maximum absolute atomic E-state index is 4.16. The van der Waals surface area contributed by atoms with Crippen LogP contribution in [0.25, 0.3) is 47.0 Å². The van der Waals surface area contributed by atoms with Crippen molar-refractivity contribution in [1.29, 1.82) is 0 Å². The summed E-state index contributed by atoms with van der Waals surface area (Å²) in [7, 11) is 2.13. The Bertz CT molecular complexity index is 2140. The highest BCUT2D eigenvalue weighted by molar-refractivity contribution is 5.93. The van der Waals surface area contributed by atoms with Gasteiger partial charge in [-0.25, -0.2) is 0 Å². The normalized spacial score (nSPS) is 13.9. The average Bonchev–Trinajstić information content (AvgIpc) is 3.19. The lowest BCUT2D eigenvalue weighted by Crippen LogP contribution is -2.26. The van der Waals surface area contributed by atoms with E-state index in [0.717, 1.165) is 30.0 Å². The van der Waals surface area contributed by atoms with E-state index in [1.165, 1.54) is 48.7 Å². The number of anilines is 1. The van der Waals surface area contributed by atoms with Crippen LogP contribution in [0.15, 0.2) is 127 Å². The van der Waals surface area contributed by atoms with Crippen LogP contribution in [0.1, 0.15) is 24.6 Å². The van der Waals surface area contributed by atoms with Gasteiger partial charge in [-0.1, -0.05) is 97.6 Å². The van der Waals surface area contributed by atoms with Gasteiger partial charge in [0.1, 0.15) is 0 Å². The van der Waals surface area contributed by atoms with Crippen molar-refractivity contribution in [2.45, 2.75) is 20.3 Å². The highest BCUT2D eigenvalue weighted by Crippen LogP contribution is 2.32. The van der Waals surface area contributed by atoms with E-state index in [-0.39, 0.29) is 0 Å². The van der Waals surface area contributed by atoms with Crippen LogP contribution in [0.4, 0.5) is 5.69 Å². The van der Waals surface area contributed by atoms with Crippen molar-refractivity contribution < 1.29 is 0 Å². The predicted octanol–water partition coefficient (Wildman–Crippen LogP) is 6.64. The number of benzene rings is 4. The molecule has 1 aromatic heterocycles. The van der Waals surface area contributed by atoms with Crippen LogP contribution in [-0.2, 0) is 0 Å². The first-order valence-corrected chi connectivity index (χ1v) is 15.3. The zero-order valence-corrected chi connectivity index (χ0v) is 25.8. The number of likely N-dealkylation sites (N-methyl/N-ethyl adjacent to an activating group) is 1. The molecule has 44 heavy (non-hydrogen) atoms. The molecule has 1 aliphatic rings.